The summed E-state index contributed by atoms with van der Waals surface area (Å²) < 4.78 is 0. The average molecular weight is 172 g/mol. The molecule has 0 aromatic heterocycles. The molecule has 0 amide bonds. The summed E-state index contributed by atoms with van der Waals surface area (Å²) in [6.07, 6.45) is 9.23. The molecule has 0 fully saturated rings. The van der Waals surface area contributed by atoms with Crippen molar-refractivity contribution in [2.45, 2.75) is 20.3 Å². The number of hydrogen-bond acceptors (Lipinski definition) is 0. The van der Waals surface area contributed by atoms with E-state index in [4.69, 9.17) is 0 Å². The molecule has 68 valence electrons. The van der Waals surface area contributed by atoms with Crippen molar-refractivity contribution >= 4 is 0 Å². The molecule has 0 radical (unpaired) electrons. The summed E-state index contributed by atoms with van der Waals surface area (Å²) in [5.74, 6) is 0. The van der Waals surface area contributed by atoms with Gasteiger partial charge < -0.3 is 0 Å². The summed E-state index contributed by atoms with van der Waals surface area (Å²) in [5, 5.41) is 0. The fourth-order valence-electron chi connectivity index (χ4n) is 1.63. The lowest BCUT2D eigenvalue weighted by Crippen LogP contribution is -1.97. The zero-order valence-corrected chi connectivity index (χ0v) is 8.43. The lowest BCUT2D eigenvalue weighted by atomic mass is 9.89. The molecule has 0 saturated carbocycles. The summed E-state index contributed by atoms with van der Waals surface area (Å²) in [7, 11) is 0. The minimum absolute atomic E-state index is 1.03. The Balaban J connectivity index is 3.14. The van der Waals surface area contributed by atoms with Gasteiger partial charge in [0.05, 0.1) is 0 Å². The van der Waals surface area contributed by atoms with Crippen LogP contribution in [-0.2, 0) is 0 Å². The summed E-state index contributed by atoms with van der Waals surface area (Å²) >= 11 is 0. The fourth-order valence-corrected chi connectivity index (χ4v) is 1.63. The summed E-state index contributed by atoms with van der Waals surface area (Å²) in [6, 6.07) is 0. The SMILES string of the molecule is C=C/C(=C/C)C1=C(C)CC=CC1=C. The third kappa shape index (κ3) is 1.89. The first-order chi connectivity index (χ1) is 6.20. The highest BCUT2D eigenvalue weighted by atomic mass is 14.1. The largest absolute Gasteiger partial charge is 0.0985 e. The monoisotopic (exact) mass is 172 g/mol. The van der Waals surface area contributed by atoms with Gasteiger partial charge in [-0.15, -0.1) is 0 Å². The quantitative estimate of drug-likeness (QED) is 0.553. The van der Waals surface area contributed by atoms with Gasteiger partial charge in [-0.2, -0.15) is 0 Å². The molecule has 1 aliphatic carbocycles. The Labute approximate surface area is 80.7 Å². The van der Waals surface area contributed by atoms with E-state index >= 15 is 0 Å². The predicted molar refractivity (Wildman–Crippen MR) is 59.6 cm³/mol. The molecule has 13 heavy (non-hydrogen) atoms. The van der Waals surface area contributed by atoms with Crippen LogP contribution in [0.1, 0.15) is 20.3 Å². The van der Waals surface area contributed by atoms with Crippen molar-refractivity contribution in [3.05, 3.63) is 59.8 Å². The molecule has 0 unspecified atom stereocenters. The first-order valence-corrected chi connectivity index (χ1v) is 4.55. The van der Waals surface area contributed by atoms with Gasteiger partial charge in [0, 0.05) is 0 Å². The lowest BCUT2D eigenvalue weighted by Gasteiger charge is -2.16. The van der Waals surface area contributed by atoms with Gasteiger partial charge >= 0.3 is 0 Å². The van der Waals surface area contributed by atoms with Gasteiger partial charge in [-0.3, -0.25) is 0 Å². The van der Waals surface area contributed by atoms with Gasteiger partial charge in [-0.25, -0.2) is 0 Å². The average Bonchev–Trinajstić information content (AvgIpc) is 2.11. The third-order valence-electron chi connectivity index (χ3n) is 2.31. The van der Waals surface area contributed by atoms with E-state index in [1.165, 1.54) is 16.7 Å². The van der Waals surface area contributed by atoms with Crippen LogP contribution in [0.5, 0.6) is 0 Å². The molecule has 1 rings (SSSR count). The molecule has 0 aromatic rings. The minimum atomic E-state index is 1.03. The number of allylic oxidation sites excluding steroid dienone is 8. The van der Waals surface area contributed by atoms with Gasteiger partial charge in [0.25, 0.3) is 0 Å². The van der Waals surface area contributed by atoms with Gasteiger partial charge in [0.2, 0.25) is 0 Å². The van der Waals surface area contributed by atoms with Crippen LogP contribution in [0.3, 0.4) is 0 Å². The molecule has 0 heteroatoms. The van der Waals surface area contributed by atoms with Crippen LogP contribution in [0.2, 0.25) is 0 Å². The molecule has 0 bridgehead atoms. The van der Waals surface area contributed by atoms with Crippen LogP contribution >= 0.6 is 0 Å². The molecule has 0 nitrogen and oxygen atoms in total. The van der Waals surface area contributed by atoms with E-state index in [0.717, 1.165) is 12.0 Å². The standard InChI is InChI=1S/C13H16/c1-5-12(6-2)13-10(3)8-7-9-11(13)4/h5-8H,1,3,9H2,2,4H3/b12-6-. The van der Waals surface area contributed by atoms with E-state index in [-0.39, 0.29) is 0 Å². The van der Waals surface area contributed by atoms with E-state index < -0.39 is 0 Å². The van der Waals surface area contributed by atoms with E-state index in [0.29, 0.717) is 0 Å². The maximum atomic E-state index is 4.03. The van der Waals surface area contributed by atoms with Crippen LogP contribution in [-0.4, -0.2) is 0 Å². The zero-order valence-electron chi connectivity index (χ0n) is 8.43. The van der Waals surface area contributed by atoms with Crippen molar-refractivity contribution in [2.75, 3.05) is 0 Å². The van der Waals surface area contributed by atoms with Gasteiger partial charge in [0.15, 0.2) is 0 Å². The molecule has 0 atom stereocenters. The Morgan fingerprint density at radius 1 is 1.54 bits per heavy atom. The third-order valence-corrected chi connectivity index (χ3v) is 2.31. The van der Waals surface area contributed by atoms with Crippen molar-refractivity contribution in [3.63, 3.8) is 0 Å². The van der Waals surface area contributed by atoms with Gasteiger partial charge in [-0.05, 0) is 37.0 Å². The van der Waals surface area contributed by atoms with Crippen LogP contribution < -0.4 is 0 Å². The maximum absolute atomic E-state index is 4.03. The van der Waals surface area contributed by atoms with Gasteiger partial charge in [0.1, 0.15) is 0 Å². The zero-order chi connectivity index (χ0) is 9.84. The smallest absolute Gasteiger partial charge is 0.0129 e. The van der Waals surface area contributed by atoms with E-state index in [2.05, 4.69) is 38.3 Å². The Morgan fingerprint density at radius 2 is 2.23 bits per heavy atom. The maximum Gasteiger partial charge on any atom is -0.0129 e. The van der Waals surface area contributed by atoms with Crippen LogP contribution in [0, 0.1) is 0 Å². The second-order valence-electron chi connectivity index (χ2n) is 3.24. The van der Waals surface area contributed by atoms with Crippen molar-refractivity contribution in [1.29, 1.82) is 0 Å². The summed E-state index contributed by atoms with van der Waals surface area (Å²) in [6.45, 7) is 12.0. The normalized spacial score (nSPS) is 18.0. The van der Waals surface area contributed by atoms with Crippen LogP contribution in [0.4, 0.5) is 0 Å². The van der Waals surface area contributed by atoms with Crippen molar-refractivity contribution < 1.29 is 0 Å². The van der Waals surface area contributed by atoms with Crippen molar-refractivity contribution in [2.24, 2.45) is 0 Å². The second-order valence-corrected chi connectivity index (χ2v) is 3.24. The molecular formula is C13H16. The topological polar surface area (TPSA) is 0 Å². The summed E-state index contributed by atoms with van der Waals surface area (Å²) in [4.78, 5) is 0. The number of rotatable bonds is 2. The molecule has 0 spiro atoms. The molecule has 0 N–H and O–H groups in total. The molecule has 0 aliphatic heterocycles. The Hall–Kier alpha value is -1.30. The Bertz CT molecular complexity index is 322. The molecule has 0 aromatic carbocycles. The van der Waals surface area contributed by atoms with Crippen molar-refractivity contribution in [1.82, 2.24) is 0 Å². The van der Waals surface area contributed by atoms with E-state index in [9.17, 15) is 0 Å². The lowest BCUT2D eigenvalue weighted by molar-refractivity contribution is 1.13. The van der Waals surface area contributed by atoms with Crippen LogP contribution in [0.15, 0.2) is 59.8 Å². The highest BCUT2D eigenvalue weighted by Gasteiger charge is 2.10. The predicted octanol–water partition coefficient (Wildman–Crippen LogP) is 3.95. The highest BCUT2D eigenvalue weighted by Crippen LogP contribution is 2.29. The first-order valence-electron chi connectivity index (χ1n) is 4.55. The molecule has 0 heterocycles. The summed E-state index contributed by atoms with van der Waals surface area (Å²) in [5.41, 5.74) is 4.92. The van der Waals surface area contributed by atoms with Crippen LogP contribution in [0.25, 0.3) is 0 Å². The Morgan fingerprint density at radius 3 is 2.69 bits per heavy atom. The first kappa shape index (κ1) is 9.79. The molecular weight excluding hydrogens is 156 g/mol. The fraction of sp³-hybridized carbons (Fsp3) is 0.231. The van der Waals surface area contributed by atoms with Gasteiger partial charge in [-0.1, -0.05) is 43.0 Å². The number of hydrogen-bond donors (Lipinski definition) is 0. The van der Waals surface area contributed by atoms with E-state index in [1.807, 2.05) is 13.0 Å². The van der Waals surface area contributed by atoms with Crippen molar-refractivity contribution in [3.8, 4) is 0 Å². The highest BCUT2D eigenvalue weighted by molar-refractivity contribution is 5.58. The molecule has 0 saturated heterocycles. The molecule has 1 aliphatic rings. The minimum Gasteiger partial charge on any atom is -0.0985 e. The second kappa shape index (κ2) is 4.08. The Kier molecular flexibility index (Phi) is 3.07. The van der Waals surface area contributed by atoms with E-state index in [1.54, 1.807) is 0 Å².